The molecule has 3 amide bonds. The molecule has 276 valence electrons. The normalized spacial score (nSPS) is 20.5. The van der Waals surface area contributed by atoms with E-state index in [1.54, 1.807) is 37.8 Å². The average Bonchev–Trinajstić information content (AvgIpc) is 3.74. The number of ether oxygens (including phenoxy) is 2. The number of rotatable bonds is 9. The summed E-state index contributed by atoms with van der Waals surface area (Å²) in [6, 6.07) is 21.2. The van der Waals surface area contributed by atoms with Crippen LogP contribution in [0.4, 0.5) is 8.78 Å². The number of nitrogens with one attached hydrogen (secondary N) is 1. The molecule has 3 N–H and O–H groups in total. The molecular weight excluding hydrogens is 715 g/mol. The lowest BCUT2D eigenvalue weighted by Gasteiger charge is -2.38. The molecule has 1 aromatic heterocycles. The first kappa shape index (κ1) is 37.6. The molecule has 0 bridgehead atoms. The van der Waals surface area contributed by atoms with Crippen molar-refractivity contribution in [3.8, 4) is 5.75 Å². The maximum atomic E-state index is 14.6. The van der Waals surface area contributed by atoms with Crippen LogP contribution in [-0.4, -0.2) is 81.7 Å². The molecule has 3 aromatic carbocycles. The molecule has 2 saturated heterocycles. The number of hydrogen-bond donors (Lipinski definition) is 3. The first-order valence-electron chi connectivity index (χ1n) is 16.8. The van der Waals surface area contributed by atoms with Gasteiger partial charge >= 0.3 is 13.3 Å². The van der Waals surface area contributed by atoms with Crippen LogP contribution in [0.3, 0.4) is 0 Å². The van der Waals surface area contributed by atoms with Gasteiger partial charge in [-0.05, 0) is 46.7 Å². The van der Waals surface area contributed by atoms with Gasteiger partial charge in [0.2, 0.25) is 11.8 Å². The molecule has 2 aliphatic heterocycles. The molecule has 6 rings (SSSR count). The number of amides is 3. The third kappa shape index (κ3) is 7.91. The van der Waals surface area contributed by atoms with Crippen LogP contribution in [0.25, 0.3) is 10.1 Å². The molecule has 11 nitrogen and oxygen atoms in total. The summed E-state index contributed by atoms with van der Waals surface area (Å²) in [5, 5.41) is 3.02. The van der Waals surface area contributed by atoms with Crippen molar-refractivity contribution in [2.75, 3.05) is 26.2 Å². The molecule has 4 aromatic rings. The summed E-state index contributed by atoms with van der Waals surface area (Å²) in [4.78, 5) is 64.3. The Morgan fingerprint density at radius 2 is 1.65 bits per heavy atom. The maximum absolute atomic E-state index is 14.6. The summed E-state index contributed by atoms with van der Waals surface area (Å²) in [6.45, 7) is 6.43. The van der Waals surface area contributed by atoms with Crippen LogP contribution in [0.5, 0.6) is 5.75 Å². The number of alkyl halides is 2. The number of benzene rings is 3. The molecule has 3 heterocycles. The monoisotopic (exact) mass is 755 g/mol. The Morgan fingerprint density at radius 1 is 0.981 bits per heavy atom. The summed E-state index contributed by atoms with van der Waals surface area (Å²) in [5.74, 6) is -0.773. The van der Waals surface area contributed by atoms with E-state index in [2.05, 4.69) is 5.32 Å². The SMILES string of the molecule is CC(C)(C)[C@H](NC(=O)c1cc2cc(C(F)(F)P(=O)(O)O)ccc2s1)C(=O)N1C[C@H](Oc2ccccc2)C[C@H]1C(=O)N1CCO[C@H](c2ccccc2)C1. The van der Waals surface area contributed by atoms with Gasteiger partial charge < -0.3 is 34.4 Å². The van der Waals surface area contributed by atoms with Crippen molar-refractivity contribution in [1.29, 1.82) is 0 Å². The highest BCUT2D eigenvalue weighted by molar-refractivity contribution is 7.52. The van der Waals surface area contributed by atoms with E-state index in [0.29, 0.717) is 30.1 Å². The van der Waals surface area contributed by atoms with Gasteiger partial charge in [0.05, 0.1) is 24.6 Å². The highest BCUT2D eigenvalue weighted by Gasteiger charge is 2.51. The predicted octanol–water partition coefficient (Wildman–Crippen LogP) is 5.92. The van der Waals surface area contributed by atoms with Gasteiger partial charge in [-0.15, -0.1) is 11.3 Å². The molecule has 52 heavy (non-hydrogen) atoms. The fourth-order valence-electron chi connectivity index (χ4n) is 6.51. The largest absolute Gasteiger partial charge is 0.488 e. The molecule has 2 fully saturated rings. The van der Waals surface area contributed by atoms with E-state index in [1.165, 1.54) is 17.0 Å². The Morgan fingerprint density at radius 3 is 2.31 bits per heavy atom. The number of para-hydroxylation sites is 1. The van der Waals surface area contributed by atoms with Crippen molar-refractivity contribution < 1.29 is 47.0 Å². The lowest BCUT2D eigenvalue weighted by Crippen LogP contribution is -2.58. The van der Waals surface area contributed by atoms with Crippen LogP contribution in [-0.2, 0) is 24.6 Å². The topological polar surface area (TPSA) is 146 Å². The zero-order valence-corrected chi connectivity index (χ0v) is 30.5. The Labute approximate surface area is 303 Å². The number of carbonyl (C=O) groups excluding carboxylic acids is 3. The zero-order chi connectivity index (χ0) is 37.4. The van der Waals surface area contributed by atoms with Crippen molar-refractivity contribution in [3.05, 3.63) is 101 Å². The fourth-order valence-corrected chi connectivity index (χ4v) is 7.93. The molecule has 0 spiro atoms. The Bertz CT molecular complexity index is 1980. The van der Waals surface area contributed by atoms with E-state index in [9.17, 15) is 37.5 Å². The van der Waals surface area contributed by atoms with Gasteiger partial charge in [0.15, 0.2) is 0 Å². The van der Waals surface area contributed by atoms with Gasteiger partial charge in [-0.25, -0.2) is 0 Å². The minimum atomic E-state index is -5.80. The number of nitrogens with zero attached hydrogens (tertiary/aromatic N) is 2. The van der Waals surface area contributed by atoms with Crippen molar-refractivity contribution in [1.82, 2.24) is 15.1 Å². The van der Waals surface area contributed by atoms with Crippen molar-refractivity contribution in [2.24, 2.45) is 5.41 Å². The summed E-state index contributed by atoms with van der Waals surface area (Å²) < 4.78 is 53.0. The standard InChI is InChI=1S/C37H40F2N3O8PS/c1-36(2,3)32(40-33(43)31-19-24-18-25(14-15-30(24)52-31)37(38,39)51(46,47)48)35(45)42-21-27(50-26-12-8-5-9-13-26)20-28(42)34(44)41-16-17-49-29(22-41)23-10-6-4-7-11-23/h4-15,18-19,27-29,32H,16-17,20-22H2,1-3H3,(H,40,43)(H2,46,47,48)/t27-,28+,29+,32-/m1/s1. The summed E-state index contributed by atoms with van der Waals surface area (Å²) in [6.07, 6.45) is -0.608. The first-order valence-corrected chi connectivity index (χ1v) is 19.2. The molecule has 0 aliphatic carbocycles. The summed E-state index contributed by atoms with van der Waals surface area (Å²) in [5.41, 5.74) is -5.18. The highest BCUT2D eigenvalue weighted by Crippen LogP contribution is 2.59. The second-order valence-electron chi connectivity index (χ2n) is 14.1. The van der Waals surface area contributed by atoms with Crippen molar-refractivity contribution >= 4 is 46.7 Å². The minimum absolute atomic E-state index is 0.0957. The van der Waals surface area contributed by atoms with Gasteiger partial charge in [-0.3, -0.25) is 18.9 Å². The maximum Gasteiger partial charge on any atom is 0.399 e. The number of carbonyl (C=O) groups is 3. The van der Waals surface area contributed by atoms with Gasteiger partial charge in [0.1, 0.15) is 30.0 Å². The Balaban J connectivity index is 1.25. The van der Waals surface area contributed by atoms with Crippen LogP contribution in [0, 0.1) is 5.41 Å². The molecule has 2 aliphatic rings. The Kier molecular flexibility index (Phi) is 10.6. The number of hydrogen-bond acceptors (Lipinski definition) is 7. The van der Waals surface area contributed by atoms with Crippen LogP contribution in [0.15, 0.2) is 84.9 Å². The van der Waals surface area contributed by atoms with Crippen molar-refractivity contribution in [3.63, 3.8) is 0 Å². The molecular formula is C37H40F2N3O8PS. The lowest BCUT2D eigenvalue weighted by atomic mass is 9.85. The third-order valence-corrected chi connectivity index (χ3v) is 11.4. The molecule has 0 radical (unpaired) electrons. The number of fused-ring (bicyclic) bond motifs is 1. The average molecular weight is 756 g/mol. The number of halogens is 2. The number of morpholine rings is 1. The molecule has 0 unspecified atom stereocenters. The highest BCUT2D eigenvalue weighted by atomic mass is 32.1. The fraction of sp³-hybridized carbons (Fsp3) is 0.378. The van der Waals surface area contributed by atoms with Gasteiger partial charge in [0, 0.05) is 23.2 Å². The number of likely N-dealkylation sites (tertiary alicyclic amines) is 1. The van der Waals surface area contributed by atoms with E-state index in [-0.39, 0.29) is 35.2 Å². The predicted molar refractivity (Wildman–Crippen MR) is 191 cm³/mol. The van der Waals surface area contributed by atoms with E-state index in [4.69, 9.17) is 9.47 Å². The van der Waals surface area contributed by atoms with Crippen LogP contribution >= 0.6 is 18.9 Å². The Hall–Kier alpha value is -4.20. The van der Waals surface area contributed by atoms with E-state index in [1.807, 2.05) is 48.5 Å². The molecule has 0 saturated carbocycles. The van der Waals surface area contributed by atoms with Crippen LogP contribution < -0.4 is 10.1 Å². The molecule has 15 heteroatoms. The quantitative estimate of drug-likeness (QED) is 0.179. The second-order valence-corrected chi connectivity index (χ2v) is 16.8. The second kappa shape index (κ2) is 14.7. The summed E-state index contributed by atoms with van der Waals surface area (Å²) in [7, 11) is -5.80. The molecule has 4 atom stereocenters. The van der Waals surface area contributed by atoms with Crippen LogP contribution in [0.2, 0.25) is 0 Å². The summed E-state index contributed by atoms with van der Waals surface area (Å²) >= 11 is 0.984. The third-order valence-electron chi connectivity index (χ3n) is 9.27. The lowest BCUT2D eigenvalue weighted by molar-refractivity contribution is -0.150. The van der Waals surface area contributed by atoms with E-state index >= 15 is 0 Å². The van der Waals surface area contributed by atoms with Gasteiger partial charge in [-0.2, -0.15) is 8.78 Å². The zero-order valence-electron chi connectivity index (χ0n) is 28.8. The van der Waals surface area contributed by atoms with E-state index in [0.717, 1.165) is 29.0 Å². The van der Waals surface area contributed by atoms with Crippen LogP contribution in [0.1, 0.15) is 54.1 Å². The number of thiophene rings is 1. The van der Waals surface area contributed by atoms with Gasteiger partial charge in [-0.1, -0.05) is 75.4 Å². The van der Waals surface area contributed by atoms with Gasteiger partial charge in [0.25, 0.3) is 5.91 Å². The smallest absolute Gasteiger partial charge is 0.399 e. The first-order chi connectivity index (χ1) is 24.5. The minimum Gasteiger partial charge on any atom is -0.488 e. The van der Waals surface area contributed by atoms with E-state index < -0.39 is 54.2 Å². The van der Waals surface area contributed by atoms with Crippen molar-refractivity contribution in [2.45, 2.75) is 57.1 Å².